The van der Waals surface area contributed by atoms with Crippen molar-refractivity contribution in [2.75, 3.05) is 20.3 Å². The van der Waals surface area contributed by atoms with Gasteiger partial charge in [0, 0.05) is 12.0 Å². The smallest absolute Gasteiger partial charge is 0.213 e. The van der Waals surface area contributed by atoms with E-state index in [1.165, 1.54) is 11.1 Å². The van der Waals surface area contributed by atoms with Crippen LogP contribution in [0.1, 0.15) is 31.4 Å². The molecule has 2 aromatic carbocycles. The lowest BCUT2D eigenvalue weighted by Gasteiger charge is -2.17. The summed E-state index contributed by atoms with van der Waals surface area (Å²) in [6.45, 7) is 9.95. The zero-order chi connectivity index (χ0) is 24.6. The Labute approximate surface area is 195 Å². The fourth-order valence-electron chi connectivity index (χ4n) is 3.36. The van der Waals surface area contributed by atoms with Gasteiger partial charge in [0.2, 0.25) is 5.36 Å². The summed E-state index contributed by atoms with van der Waals surface area (Å²) in [5.74, 6) is 1.67. The van der Waals surface area contributed by atoms with E-state index in [9.17, 15) is 0 Å². The molecule has 9 heteroatoms. The zero-order valence-electron chi connectivity index (χ0n) is 19.5. The maximum absolute atomic E-state index is 8.49. The summed E-state index contributed by atoms with van der Waals surface area (Å²) in [6.07, 6.45) is 1.22. The molecule has 180 valence electrons. The summed E-state index contributed by atoms with van der Waals surface area (Å²) in [6, 6.07) is 14.3. The molecule has 3 aromatic rings. The molecule has 0 amide bonds. The van der Waals surface area contributed by atoms with Crippen LogP contribution in [-0.2, 0) is 4.74 Å². The largest absolute Gasteiger partial charge is 0.497 e. The second-order valence-electron chi connectivity index (χ2n) is 7.79. The molecule has 33 heavy (non-hydrogen) atoms. The third-order valence-corrected chi connectivity index (χ3v) is 4.67. The summed E-state index contributed by atoms with van der Waals surface area (Å²) in [5.41, 5.74) is 4.32. The maximum Gasteiger partial charge on any atom is 0.213 e. The number of aryl methyl sites for hydroxylation is 2. The third kappa shape index (κ3) is 9.13. The van der Waals surface area contributed by atoms with Gasteiger partial charge in [0.1, 0.15) is 23.6 Å². The summed E-state index contributed by atoms with van der Waals surface area (Å²) < 4.78 is 51.2. The SMILES string of the molecule is COc1ccc(-c2cc(=[NH+]CCCOC(C)C)c3c(C)cc(C)cc3o2)cc1.[O-][Cl+3]([O-])([O-])[O-]. The molecule has 1 N–H and O–H groups in total. The molecule has 0 unspecified atom stereocenters. The molecule has 0 radical (unpaired) electrons. The molecule has 0 aliphatic heterocycles. The Balaban J connectivity index is 0.000000696. The zero-order valence-corrected chi connectivity index (χ0v) is 20.2. The van der Waals surface area contributed by atoms with Gasteiger partial charge in [-0.3, -0.25) is 0 Å². The second-order valence-corrected chi connectivity index (χ2v) is 8.54. The van der Waals surface area contributed by atoms with E-state index in [0.717, 1.165) is 53.0 Å². The van der Waals surface area contributed by atoms with Crippen molar-refractivity contribution in [1.82, 2.24) is 0 Å². The van der Waals surface area contributed by atoms with Gasteiger partial charge in [0.15, 0.2) is 0 Å². The van der Waals surface area contributed by atoms with Gasteiger partial charge in [-0.1, -0.05) is 6.07 Å². The quantitative estimate of drug-likeness (QED) is 0.418. The highest BCUT2D eigenvalue weighted by molar-refractivity contribution is 5.82. The minimum absolute atomic E-state index is 0.267. The van der Waals surface area contributed by atoms with Crippen LogP contribution >= 0.6 is 0 Å². The Morgan fingerprint density at radius 2 is 1.64 bits per heavy atom. The number of nitrogens with one attached hydrogen (secondary N) is 1. The number of benzene rings is 2. The fraction of sp³-hybridized carbons (Fsp3) is 0.375. The van der Waals surface area contributed by atoms with Gasteiger partial charge >= 0.3 is 0 Å². The van der Waals surface area contributed by atoms with Crippen molar-refractivity contribution in [3.63, 3.8) is 0 Å². The first-order chi connectivity index (χ1) is 15.5. The average molecular weight is 480 g/mol. The number of ether oxygens (including phenoxy) is 2. The van der Waals surface area contributed by atoms with Crippen LogP contribution in [0.25, 0.3) is 22.3 Å². The van der Waals surface area contributed by atoms with Gasteiger partial charge in [0.05, 0.1) is 31.3 Å². The Morgan fingerprint density at radius 3 is 2.21 bits per heavy atom. The summed E-state index contributed by atoms with van der Waals surface area (Å²) in [7, 11) is -3.27. The minimum atomic E-state index is -4.94. The van der Waals surface area contributed by atoms with E-state index in [0.29, 0.717) is 0 Å². The van der Waals surface area contributed by atoms with Crippen LogP contribution < -0.4 is 33.7 Å². The number of hydrogen-bond donors (Lipinski definition) is 1. The Hall–Kier alpha value is -2.46. The molecule has 0 spiro atoms. The number of methoxy groups -OCH3 is 1. The molecule has 0 aliphatic carbocycles. The number of hydrogen-bond acceptors (Lipinski definition) is 7. The lowest BCUT2D eigenvalue weighted by molar-refractivity contribution is -2.00. The van der Waals surface area contributed by atoms with E-state index < -0.39 is 10.2 Å². The average Bonchev–Trinajstić information content (AvgIpc) is 2.71. The Kier molecular flexibility index (Phi) is 9.85. The number of fused-ring (bicyclic) bond motifs is 1. The van der Waals surface area contributed by atoms with Crippen LogP contribution in [-0.4, -0.2) is 26.4 Å². The predicted octanol–water partition coefficient (Wildman–Crippen LogP) is -1.23. The van der Waals surface area contributed by atoms with Gasteiger partial charge in [-0.2, -0.15) is 0 Å². The summed E-state index contributed by atoms with van der Waals surface area (Å²) in [4.78, 5) is 3.59. The molecule has 0 bridgehead atoms. The Bertz CT molecular complexity index is 1100. The first kappa shape index (κ1) is 26.8. The van der Waals surface area contributed by atoms with E-state index in [-0.39, 0.29) is 6.10 Å². The van der Waals surface area contributed by atoms with E-state index >= 15 is 0 Å². The van der Waals surface area contributed by atoms with E-state index in [1.807, 2.05) is 24.3 Å². The molecule has 0 aliphatic rings. The highest BCUT2D eigenvalue weighted by atomic mass is 35.7. The van der Waals surface area contributed by atoms with Crippen molar-refractivity contribution >= 4 is 11.0 Å². The number of halogens is 1. The number of rotatable bonds is 7. The van der Waals surface area contributed by atoms with Crippen LogP contribution in [0.3, 0.4) is 0 Å². The molecule has 8 nitrogen and oxygen atoms in total. The van der Waals surface area contributed by atoms with Gasteiger partial charge < -0.3 is 13.9 Å². The van der Waals surface area contributed by atoms with Crippen LogP contribution in [0.4, 0.5) is 0 Å². The maximum atomic E-state index is 8.49. The molecule has 0 saturated heterocycles. The first-order valence-electron chi connectivity index (χ1n) is 10.5. The summed E-state index contributed by atoms with van der Waals surface area (Å²) in [5, 5.41) is 2.22. The predicted molar refractivity (Wildman–Crippen MR) is 112 cm³/mol. The standard InChI is InChI=1S/C24H29NO3.ClHO4/c1-16(2)27-12-6-11-25-21-15-22(19-7-9-20(26-5)10-8-19)28-23-14-17(3)13-18(4)24(21)23;2-1(3,4)5/h7-10,13-16H,6,11-12H2,1-5H3;(H,2,3,4,5). The Morgan fingerprint density at radius 1 is 1.00 bits per heavy atom. The van der Waals surface area contributed by atoms with E-state index in [1.54, 1.807) is 7.11 Å². The molecule has 1 heterocycles. The minimum Gasteiger partial charge on any atom is -0.497 e. The van der Waals surface area contributed by atoms with Crippen LogP contribution in [0, 0.1) is 24.1 Å². The normalized spacial score (nSPS) is 12.1. The molecule has 1 aromatic heterocycles. The van der Waals surface area contributed by atoms with Crippen LogP contribution in [0.2, 0.25) is 0 Å². The van der Waals surface area contributed by atoms with Gasteiger partial charge in [-0.05, 0) is 69.2 Å². The molecule has 0 fully saturated rings. The first-order valence-corrected chi connectivity index (χ1v) is 11.7. The van der Waals surface area contributed by atoms with Gasteiger partial charge in [0.25, 0.3) is 0 Å². The molecule has 0 atom stereocenters. The third-order valence-electron chi connectivity index (χ3n) is 4.67. The van der Waals surface area contributed by atoms with Crippen molar-refractivity contribution in [3.05, 3.63) is 58.9 Å². The highest BCUT2D eigenvalue weighted by Gasteiger charge is 2.12. The molecular formula is C24H30ClNO7. The second kappa shape index (κ2) is 12.1. The fourth-order valence-corrected chi connectivity index (χ4v) is 3.36. The van der Waals surface area contributed by atoms with Gasteiger partial charge in [-0.15, -0.1) is 10.2 Å². The highest BCUT2D eigenvalue weighted by Crippen LogP contribution is 2.25. The monoisotopic (exact) mass is 479 g/mol. The lowest BCUT2D eigenvalue weighted by atomic mass is 10.0. The van der Waals surface area contributed by atoms with E-state index in [2.05, 4.69) is 50.9 Å². The van der Waals surface area contributed by atoms with Crippen LogP contribution in [0.5, 0.6) is 5.75 Å². The van der Waals surface area contributed by atoms with E-state index in [4.69, 9.17) is 32.5 Å². The summed E-state index contributed by atoms with van der Waals surface area (Å²) >= 11 is 0. The van der Waals surface area contributed by atoms with Crippen molar-refractivity contribution in [1.29, 1.82) is 0 Å². The lowest BCUT2D eigenvalue weighted by Crippen LogP contribution is -2.77. The van der Waals surface area contributed by atoms with Crippen molar-refractivity contribution in [2.45, 2.75) is 40.2 Å². The topological polar surface area (TPSA) is 138 Å². The van der Waals surface area contributed by atoms with Crippen LogP contribution in [0.15, 0.2) is 46.9 Å². The van der Waals surface area contributed by atoms with Crippen molar-refractivity contribution in [3.8, 4) is 17.1 Å². The molecule has 3 rings (SSSR count). The molecular weight excluding hydrogens is 450 g/mol. The van der Waals surface area contributed by atoms with Gasteiger partial charge in [-0.25, -0.2) is 23.6 Å². The van der Waals surface area contributed by atoms with Crippen molar-refractivity contribution in [2.24, 2.45) is 0 Å². The molecule has 0 saturated carbocycles. The van der Waals surface area contributed by atoms with Crippen molar-refractivity contribution < 1.29 is 47.8 Å².